The van der Waals surface area contributed by atoms with Gasteiger partial charge in [-0.05, 0) is 33.6 Å². The predicted octanol–water partition coefficient (Wildman–Crippen LogP) is 0.768. The smallest absolute Gasteiger partial charge is 0.254 e. The first-order valence-corrected chi connectivity index (χ1v) is 4.50. The second-order valence-electron chi connectivity index (χ2n) is 3.88. The van der Waals surface area contributed by atoms with E-state index in [2.05, 4.69) is 0 Å². The van der Waals surface area contributed by atoms with Crippen LogP contribution in [0.2, 0.25) is 0 Å². The molecule has 3 heteroatoms. The fourth-order valence-electron chi connectivity index (χ4n) is 1.31. The SMILES string of the molecule is CCN(C(=O)C(C)(C)O)C1CC1. The highest BCUT2D eigenvalue weighted by Crippen LogP contribution is 2.28. The van der Waals surface area contributed by atoms with Crippen molar-refractivity contribution in [3.8, 4) is 0 Å². The molecule has 1 fully saturated rings. The maximum atomic E-state index is 11.6. The molecule has 1 N–H and O–H groups in total. The lowest BCUT2D eigenvalue weighted by Gasteiger charge is -2.27. The molecule has 0 aliphatic heterocycles. The lowest BCUT2D eigenvalue weighted by atomic mass is 10.1. The molecule has 0 unspecified atom stereocenters. The molecular formula is C9H17NO2. The summed E-state index contributed by atoms with van der Waals surface area (Å²) in [4.78, 5) is 13.3. The van der Waals surface area contributed by atoms with Crippen molar-refractivity contribution in [3.05, 3.63) is 0 Å². The van der Waals surface area contributed by atoms with Crippen LogP contribution in [0.1, 0.15) is 33.6 Å². The van der Waals surface area contributed by atoms with Gasteiger partial charge in [0, 0.05) is 12.6 Å². The summed E-state index contributed by atoms with van der Waals surface area (Å²) in [7, 11) is 0. The summed E-state index contributed by atoms with van der Waals surface area (Å²) in [6, 6.07) is 0.397. The van der Waals surface area contributed by atoms with E-state index in [0.29, 0.717) is 12.6 Å². The second-order valence-corrected chi connectivity index (χ2v) is 3.88. The lowest BCUT2D eigenvalue weighted by molar-refractivity contribution is -0.148. The van der Waals surface area contributed by atoms with Crippen molar-refractivity contribution in [2.24, 2.45) is 0 Å². The Hall–Kier alpha value is -0.570. The molecule has 12 heavy (non-hydrogen) atoms. The zero-order valence-corrected chi connectivity index (χ0v) is 8.00. The molecule has 0 atom stereocenters. The van der Waals surface area contributed by atoms with Gasteiger partial charge in [0.15, 0.2) is 0 Å². The molecule has 0 aromatic rings. The molecule has 0 spiro atoms. The molecule has 1 aliphatic carbocycles. The molecule has 1 amide bonds. The average Bonchev–Trinajstić information content (AvgIpc) is 2.70. The highest BCUT2D eigenvalue weighted by Gasteiger charge is 2.37. The minimum Gasteiger partial charge on any atom is -0.381 e. The quantitative estimate of drug-likeness (QED) is 0.681. The summed E-state index contributed by atoms with van der Waals surface area (Å²) in [5.41, 5.74) is -1.21. The fourth-order valence-corrected chi connectivity index (χ4v) is 1.31. The number of aliphatic hydroxyl groups is 1. The van der Waals surface area contributed by atoms with Crippen LogP contribution >= 0.6 is 0 Å². The van der Waals surface area contributed by atoms with Gasteiger partial charge < -0.3 is 10.0 Å². The monoisotopic (exact) mass is 171 g/mol. The van der Waals surface area contributed by atoms with Gasteiger partial charge in [0.2, 0.25) is 0 Å². The first kappa shape index (κ1) is 9.52. The molecule has 0 heterocycles. The first-order valence-electron chi connectivity index (χ1n) is 4.50. The minimum absolute atomic E-state index is 0.146. The molecule has 1 rings (SSSR count). The van der Waals surface area contributed by atoms with Crippen molar-refractivity contribution in [3.63, 3.8) is 0 Å². The average molecular weight is 171 g/mol. The highest BCUT2D eigenvalue weighted by molar-refractivity contribution is 5.84. The molecule has 1 aliphatic rings. The molecule has 0 aromatic carbocycles. The summed E-state index contributed by atoms with van der Waals surface area (Å²) in [5.74, 6) is -0.146. The number of hydrogen-bond acceptors (Lipinski definition) is 2. The van der Waals surface area contributed by atoms with E-state index in [0.717, 1.165) is 12.8 Å². The van der Waals surface area contributed by atoms with E-state index >= 15 is 0 Å². The van der Waals surface area contributed by atoms with Crippen molar-refractivity contribution in [2.45, 2.75) is 45.3 Å². The van der Waals surface area contributed by atoms with Crippen molar-refractivity contribution in [1.82, 2.24) is 4.90 Å². The third kappa shape index (κ3) is 1.97. The van der Waals surface area contributed by atoms with Crippen LogP contribution in [0.15, 0.2) is 0 Å². The van der Waals surface area contributed by atoms with Gasteiger partial charge in [0.05, 0.1) is 0 Å². The van der Waals surface area contributed by atoms with E-state index in [9.17, 15) is 9.90 Å². The Morgan fingerprint density at radius 2 is 2.08 bits per heavy atom. The third-order valence-electron chi connectivity index (χ3n) is 2.11. The Kier molecular flexibility index (Phi) is 2.42. The number of rotatable bonds is 3. The third-order valence-corrected chi connectivity index (χ3v) is 2.11. The van der Waals surface area contributed by atoms with Gasteiger partial charge in [-0.15, -0.1) is 0 Å². The molecular weight excluding hydrogens is 154 g/mol. The van der Waals surface area contributed by atoms with Crippen molar-refractivity contribution >= 4 is 5.91 Å². The van der Waals surface area contributed by atoms with E-state index in [-0.39, 0.29) is 5.91 Å². The number of likely N-dealkylation sites (N-methyl/N-ethyl adjacent to an activating group) is 1. The summed E-state index contributed by atoms with van der Waals surface area (Å²) in [6.45, 7) is 5.73. The van der Waals surface area contributed by atoms with E-state index in [4.69, 9.17) is 0 Å². The van der Waals surface area contributed by atoms with Crippen LogP contribution in [-0.2, 0) is 4.79 Å². The number of carbonyl (C=O) groups excluding carboxylic acids is 1. The normalized spacial score (nSPS) is 17.7. The zero-order chi connectivity index (χ0) is 9.35. The van der Waals surface area contributed by atoms with Gasteiger partial charge in [-0.25, -0.2) is 0 Å². The predicted molar refractivity (Wildman–Crippen MR) is 46.7 cm³/mol. The Balaban J connectivity index is 2.59. The Bertz CT molecular complexity index is 179. The number of hydrogen-bond donors (Lipinski definition) is 1. The maximum absolute atomic E-state index is 11.6. The molecule has 1 saturated carbocycles. The molecule has 3 nitrogen and oxygen atoms in total. The summed E-state index contributed by atoms with van der Waals surface area (Å²) in [5, 5.41) is 9.47. The first-order chi connectivity index (χ1) is 5.46. The Morgan fingerprint density at radius 1 is 1.58 bits per heavy atom. The van der Waals surface area contributed by atoms with Crippen LogP contribution < -0.4 is 0 Å². The van der Waals surface area contributed by atoms with E-state index in [1.165, 1.54) is 0 Å². The van der Waals surface area contributed by atoms with E-state index < -0.39 is 5.60 Å². The van der Waals surface area contributed by atoms with Crippen molar-refractivity contribution in [2.75, 3.05) is 6.54 Å². The van der Waals surface area contributed by atoms with Crippen LogP contribution in [0.4, 0.5) is 0 Å². The number of nitrogens with zero attached hydrogens (tertiary/aromatic N) is 1. The Morgan fingerprint density at radius 3 is 2.33 bits per heavy atom. The van der Waals surface area contributed by atoms with Crippen LogP contribution in [0.25, 0.3) is 0 Å². The van der Waals surface area contributed by atoms with E-state index in [1.54, 1.807) is 18.7 Å². The van der Waals surface area contributed by atoms with Crippen LogP contribution in [0.5, 0.6) is 0 Å². The minimum atomic E-state index is -1.21. The molecule has 0 bridgehead atoms. The standard InChI is InChI=1S/C9H17NO2/c1-4-10(7-5-6-7)8(11)9(2,3)12/h7,12H,4-6H2,1-3H3. The highest BCUT2D eigenvalue weighted by atomic mass is 16.3. The summed E-state index contributed by atoms with van der Waals surface area (Å²) < 4.78 is 0. The topological polar surface area (TPSA) is 40.5 Å². The Labute approximate surface area is 73.4 Å². The van der Waals surface area contributed by atoms with Gasteiger partial charge in [0.1, 0.15) is 5.60 Å². The van der Waals surface area contributed by atoms with Crippen molar-refractivity contribution in [1.29, 1.82) is 0 Å². The van der Waals surface area contributed by atoms with Gasteiger partial charge in [-0.3, -0.25) is 4.79 Å². The molecule has 0 radical (unpaired) electrons. The van der Waals surface area contributed by atoms with Crippen molar-refractivity contribution < 1.29 is 9.90 Å². The zero-order valence-electron chi connectivity index (χ0n) is 8.00. The number of amides is 1. The molecule has 0 saturated heterocycles. The molecule has 0 aromatic heterocycles. The van der Waals surface area contributed by atoms with Crippen LogP contribution in [0, 0.1) is 0 Å². The van der Waals surface area contributed by atoms with Gasteiger partial charge in [0.25, 0.3) is 5.91 Å². The second kappa shape index (κ2) is 3.05. The number of carbonyl (C=O) groups is 1. The van der Waals surface area contributed by atoms with E-state index in [1.807, 2.05) is 6.92 Å². The molecule has 70 valence electrons. The van der Waals surface area contributed by atoms with Crippen LogP contribution in [0.3, 0.4) is 0 Å². The van der Waals surface area contributed by atoms with Gasteiger partial charge >= 0.3 is 0 Å². The summed E-state index contributed by atoms with van der Waals surface area (Å²) >= 11 is 0. The van der Waals surface area contributed by atoms with Gasteiger partial charge in [-0.2, -0.15) is 0 Å². The largest absolute Gasteiger partial charge is 0.381 e. The van der Waals surface area contributed by atoms with Crippen LogP contribution in [-0.4, -0.2) is 34.1 Å². The lowest BCUT2D eigenvalue weighted by Crippen LogP contribution is -2.46. The van der Waals surface area contributed by atoms with Gasteiger partial charge in [-0.1, -0.05) is 0 Å². The maximum Gasteiger partial charge on any atom is 0.254 e. The summed E-state index contributed by atoms with van der Waals surface area (Å²) in [6.07, 6.45) is 2.19. The fraction of sp³-hybridized carbons (Fsp3) is 0.889.